The number of hydrogen-bond donors (Lipinski definition) is 0. The summed E-state index contributed by atoms with van der Waals surface area (Å²) in [6, 6.07) is 52.6. The predicted molar refractivity (Wildman–Crippen MR) is 199 cm³/mol. The van der Waals surface area contributed by atoms with Crippen molar-refractivity contribution in [1.29, 1.82) is 0 Å². The van der Waals surface area contributed by atoms with Gasteiger partial charge in [0.05, 0.1) is 11.0 Å². The van der Waals surface area contributed by atoms with Crippen LogP contribution in [0.2, 0.25) is 0 Å². The van der Waals surface area contributed by atoms with Crippen molar-refractivity contribution in [3.63, 3.8) is 0 Å². The summed E-state index contributed by atoms with van der Waals surface area (Å²) in [6.45, 7) is 0. The third kappa shape index (κ3) is 3.81. The Hall–Kier alpha value is -6.72. The Morgan fingerprint density at radius 1 is 0.469 bits per heavy atom. The topological polar surface area (TPSA) is 57.0 Å². The molecule has 0 spiro atoms. The van der Waals surface area contributed by atoms with Gasteiger partial charge in [0.15, 0.2) is 11.4 Å². The van der Waals surface area contributed by atoms with Gasteiger partial charge in [-0.1, -0.05) is 97.1 Å². The fourth-order valence-electron chi connectivity index (χ4n) is 7.58. The summed E-state index contributed by atoms with van der Waals surface area (Å²) in [5, 5.41) is 7.87. The normalized spacial score (nSPS) is 12.1. The molecule has 0 saturated heterocycles. The van der Waals surface area contributed by atoms with E-state index in [0.717, 1.165) is 66.4 Å². The Balaban J connectivity index is 1.16. The van der Waals surface area contributed by atoms with Crippen LogP contribution in [-0.2, 0) is 0 Å². The summed E-state index contributed by atoms with van der Waals surface area (Å²) in [5.74, 6) is 0.629. The van der Waals surface area contributed by atoms with E-state index in [0.29, 0.717) is 11.4 Å². The third-order valence-corrected chi connectivity index (χ3v) is 9.79. The Morgan fingerprint density at radius 3 is 2.12 bits per heavy atom. The molecular formula is C44H25N3O2. The van der Waals surface area contributed by atoms with Gasteiger partial charge in [0.1, 0.15) is 28.0 Å². The first-order chi connectivity index (χ1) is 24.3. The Labute approximate surface area is 279 Å². The summed E-state index contributed by atoms with van der Waals surface area (Å²) in [6.07, 6.45) is 0. The number of fused-ring (bicyclic) bond motifs is 10. The van der Waals surface area contributed by atoms with E-state index < -0.39 is 0 Å². The van der Waals surface area contributed by atoms with Gasteiger partial charge >= 0.3 is 0 Å². The van der Waals surface area contributed by atoms with Crippen molar-refractivity contribution >= 4 is 76.6 Å². The van der Waals surface area contributed by atoms with E-state index >= 15 is 0 Å². The second-order valence-electron chi connectivity index (χ2n) is 12.6. The SMILES string of the molecule is c1ccc(-c2nc(-c3cccc4oc5cc(-n6c7ccccc7c7cc8ccccc8cc76)ccc5c34)nc3c2oc2ccccc23)cc1. The molecule has 5 heteroatoms. The van der Waals surface area contributed by atoms with Crippen LogP contribution in [-0.4, -0.2) is 14.5 Å². The van der Waals surface area contributed by atoms with Gasteiger partial charge in [-0.3, -0.25) is 0 Å². The highest BCUT2D eigenvalue weighted by atomic mass is 16.3. The van der Waals surface area contributed by atoms with Crippen LogP contribution in [0.15, 0.2) is 160 Å². The highest BCUT2D eigenvalue weighted by molar-refractivity contribution is 6.16. The zero-order chi connectivity index (χ0) is 32.1. The average molecular weight is 628 g/mol. The highest BCUT2D eigenvalue weighted by Crippen LogP contribution is 2.41. The second kappa shape index (κ2) is 9.89. The first kappa shape index (κ1) is 26.4. The number of benzene rings is 7. The zero-order valence-corrected chi connectivity index (χ0v) is 26.1. The molecular weight excluding hydrogens is 603 g/mol. The molecule has 11 aromatic rings. The summed E-state index contributed by atoms with van der Waals surface area (Å²) < 4.78 is 15.3. The molecule has 5 nitrogen and oxygen atoms in total. The molecule has 0 aliphatic carbocycles. The molecule has 0 aliphatic rings. The number of hydrogen-bond acceptors (Lipinski definition) is 4. The molecule has 0 N–H and O–H groups in total. The fourth-order valence-corrected chi connectivity index (χ4v) is 7.58. The van der Waals surface area contributed by atoms with Crippen LogP contribution in [0.5, 0.6) is 0 Å². The molecule has 49 heavy (non-hydrogen) atoms. The van der Waals surface area contributed by atoms with Gasteiger partial charge in [-0.2, -0.15) is 0 Å². The predicted octanol–water partition coefficient (Wildman–Crippen LogP) is 11.9. The van der Waals surface area contributed by atoms with E-state index in [9.17, 15) is 0 Å². The number of furan rings is 2. The lowest BCUT2D eigenvalue weighted by molar-refractivity contribution is 0.667. The van der Waals surface area contributed by atoms with E-state index in [1.54, 1.807) is 0 Å². The quantitative estimate of drug-likeness (QED) is 0.196. The van der Waals surface area contributed by atoms with E-state index in [4.69, 9.17) is 18.8 Å². The number of para-hydroxylation sites is 2. The van der Waals surface area contributed by atoms with Crippen molar-refractivity contribution in [2.24, 2.45) is 0 Å². The minimum absolute atomic E-state index is 0.629. The van der Waals surface area contributed by atoms with Gasteiger partial charge < -0.3 is 13.4 Å². The molecule has 0 saturated carbocycles. The molecule has 228 valence electrons. The van der Waals surface area contributed by atoms with Crippen LogP contribution in [0.25, 0.3) is 105 Å². The van der Waals surface area contributed by atoms with Crippen molar-refractivity contribution in [3.8, 4) is 28.3 Å². The Bertz CT molecular complexity index is 3110. The van der Waals surface area contributed by atoms with E-state index in [2.05, 4.69) is 108 Å². The number of aromatic nitrogens is 3. The van der Waals surface area contributed by atoms with Crippen LogP contribution in [0.4, 0.5) is 0 Å². The molecule has 7 aromatic carbocycles. The van der Waals surface area contributed by atoms with Crippen molar-refractivity contribution in [2.75, 3.05) is 0 Å². The van der Waals surface area contributed by atoms with Crippen LogP contribution in [0.3, 0.4) is 0 Å². The first-order valence-corrected chi connectivity index (χ1v) is 16.4. The molecule has 11 rings (SSSR count). The van der Waals surface area contributed by atoms with Crippen LogP contribution >= 0.6 is 0 Å². The number of nitrogens with zero attached hydrogens (tertiary/aromatic N) is 3. The van der Waals surface area contributed by atoms with Crippen molar-refractivity contribution < 1.29 is 8.83 Å². The molecule has 0 atom stereocenters. The molecule has 0 unspecified atom stereocenters. The van der Waals surface area contributed by atoms with Crippen molar-refractivity contribution in [1.82, 2.24) is 14.5 Å². The largest absolute Gasteiger partial charge is 0.456 e. The van der Waals surface area contributed by atoms with Crippen molar-refractivity contribution in [2.45, 2.75) is 0 Å². The number of rotatable bonds is 3. The highest BCUT2D eigenvalue weighted by Gasteiger charge is 2.21. The molecule has 4 aromatic heterocycles. The zero-order valence-electron chi connectivity index (χ0n) is 26.1. The van der Waals surface area contributed by atoms with E-state index in [-0.39, 0.29) is 0 Å². The maximum absolute atomic E-state index is 6.62. The maximum Gasteiger partial charge on any atom is 0.180 e. The Kier molecular flexibility index (Phi) is 5.32. The lowest BCUT2D eigenvalue weighted by atomic mass is 10.0. The Morgan fingerprint density at radius 2 is 1.22 bits per heavy atom. The molecule has 0 aliphatic heterocycles. The van der Waals surface area contributed by atoms with Gasteiger partial charge in [-0.15, -0.1) is 0 Å². The monoisotopic (exact) mass is 627 g/mol. The summed E-state index contributed by atoms with van der Waals surface area (Å²) in [5.41, 5.74) is 9.90. The molecule has 0 amide bonds. The van der Waals surface area contributed by atoms with Gasteiger partial charge in [-0.05, 0) is 59.3 Å². The molecule has 0 radical (unpaired) electrons. The van der Waals surface area contributed by atoms with Crippen LogP contribution in [0, 0.1) is 0 Å². The standard InChI is InChI=1S/C44H25N3O2/c1-2-11-26(12-3-1)41-43-42(32-16-7-9-19-37(32)49-43)46-44(45-41)33-17-10-20-38-40(33)31-22-21-29(25-39(31)48-38)47-35-18-8-6-15-30(35)34-23-27-13-4-5-14-28(27)24-36(34)47/h1-25H. The van der Waals surface area contributed by atoms with Gasteiger partial charge in [0.25, 0.3) is 0 Å². The molecule has 0 fully saturated rings. The fraction of sp³-hybridized carbons (Fsp3) is 0. The van der Waals surface area contributed by atoms with E-state index in [1.807, 2.05) is 48.5 Å². The van der Waals surface area contributed by atoms with Gasteiger partial charge in [0, 0.05) is 49.8 Å². The average Bonchev–Trinajstić information content (AvgIpc) is 3.83. The summed E-state index contributed by atoms with van der Waals surface area (Å²) >= 11 is 0. The van der Waals surface area contributed by atoms with Crippen molar-refractivity contribution in [3.05, 3.63) is 152 Å². The summed E-state index contributed by atoms with van der Waals surface area (Å²) in [7, 11) is 0. The van der Waals surface area contributed by atoms with Gasteiger partial charge in [0.2, 0.25) is 0 Å². The van der Waals surface area contributed by atoms with Crippen LogP contribution in [0.1, 0.15) is 0 Å². The minimum Gasteiger partial charge on any atom is -0.456 e. The van der Waals surface area contributed by atoms with Crippen LogP contribution < -0.4 is 0 Å². The first-order valence-electron chi connectivity index (χ1n) is 16.4. The van der Waals surface area contributed by atoms with Gasteiger partial charge in [-0.25, -0.2) is 9.97 Å². The second-order valence-corrected chi connectivity index (χ2v) is 12.6. The molecule has 4 heterocycles. The lowest BCUT2D eigenvalue weighted by Gasteiger charge is -2.09. The summed E-state index contributed by atoms with van der Waals surface area (Å²) in [4.78, 5) is 10.3. The maximum atomic E-state index is 6.62. The minimum atomic E-state index is 0.629. The smallest absolute Gasteiger partial charge is 0.180 e. The lowest BCUT2D eigenvalue weighted by Crippen LogP contribution is -1.94. The third-order valence-electron chi connectivity index (χ3n) is 9.79. The van der Waals surface area contributed by atoms with E-state index in [1.165, 1.54) is 27.1 Å². The molecule has 0 bridgehead atoms.